The number of rotatable bonds is 0. The SMILES string of the molecule is S=C1Nc2ccccc2[C@H]2CC=NN12. The van der Waals surface area contributed by atoms with Crippen LogP contribution in [-0.2, 0) is 0 Å². The van der Waals surface area contributed by atoms with Crippen molar-refractivity contribution in [3.05, 3.63) is 29.8 Å². The molecule has 0 radical (unpaired) electrons. The van der Waals surface area contributed by atoms with E-state index in [-0.39, 0.29) is 0 Å². The molecule has 0 unspecified atom stereocenters. The maximum Gasteiger partial charge on any atom is 0.194 e. The molecular formula is C10H9N3S. The van der Waals surface area contributed by atoms with Crippen LogP contribution in [-0.4, -0.2) is 16.3 Å². The highest BCUT2D eigenvalue weighted by Gasteiger charge is 2.31. The lowest BCUT2D eigenvalue weighted by atomic mass is 10.0. The van der Waals surface area contributed by atoms with E-state index < -0.39 is 0 Å². The van der Waals surface area contributed by atoms with E-state index in [1.165, 1.54) is 5.56 Å². The van der Waals surface area contributed by atoms with Crippen molar-refractivity contribution < 1.29 is 0 Å². The molecule has 2 aliphatic heterocycles. The zero-order valence-corrected chi connectivity index (χ0v) is 8.29. The van der Waals surface area contributed by atoms with Crippen LogP contribution in [0.5, 0.6) is 0 Å². The highest BCUT2D eigenvalue weighted by atomic mass is 32.1. The normalized spacial score (nSPS) is 23.0. The van der Waals surface area contributed by atoms with Crippen LogP contribution in [0.15, 0.2) is 29.4 Å². The number of para-hydroxylation sites is 1. The van der Waals surface area contributed by atoms with Gasteiger partial charge in [-0.05, 0) is 18.3 Å². The van der Waals surface area contributed by atoms with Gasteiger partial charge in [0.25, 0.3) is 0 Å². The molecule has 3 nitrogen and oxygen atoms in total. The van der Waals surface area contributed by atoms with Crippen LogP contribution in [0, 0.1) is 0 Å². The van der Waals surface area contributed by atoms with E-state index in [1.54, 1.807) is 0 Å². The molecule has 0 amide bonds. The molecule has 1 aromatic rings. The molecule has 3 rings (SSSR count). The summed E-state index contributed by atoms with van der Waals surface area (Å²) in [6.07, 6.45) is 2.86. The molecule has 2 aliphatic rings. The minimum Gasteiger partial charge on any atom is -0.331 e. The zero-order valence-electron chi connectivity index (χ0n) is 7.47. The van der Waals surface area contributed by atoms with Gasteiger partial charge >= 0.3 is 0 Å². The second-order valence-electron chi connectivity index (χ2n) is 3.41. The standard InChI is InChI=1S/C10H9N3S/c14-10-12-8-4-2-1-3-7(8)9-5-6-11-13(9)10/h1-4,6,9H,5H2,(H,12,14)/t9-/m1/s1. The Morgan fingerprint density at radius 1 is 1.43 bits per heavy atom. The Morgan fingerprint density at radius 2 is 2.29 bits per heavy atom. The van der Waals surface area contributed by atoms with Gasteiger partial charge in [-0.3, -0.25) is 0 Å². The third kappa shape index (κ3) is 0.974. The first-order valence-corrected chi connectivity index (χ1v) is 4.98. The van der Waals surface area contributed by atoms with Gasteiger partial charge < -0.3 is 5.32 Å². The summed E-state index contributed by atoms with van der Waals surface area (Å²) in [4.78, 5) is 0. The molecule has 4 heteroatoms. The maximum absolute atomic E-state index is 5.22. The fourth-order valence-electron chi connectivity index (χ4n) is 1.94. The van der Waals surface area contributed by atoms with E-state index in [9.17, 15) is 0 Å². The van der Waals surface area contributed by atoms with Crippen molar-refractivity contribution in [1.29, 1.82) is 0 Å². The van der Waals surface area contributed by atoms with Crippen molar-refractivity contribution >= 4 is 29.2 Å². The molecule has 14 heavy (non-hydrogen) atoms. The first-order valence-electron chi connectivity index (χ1n) is 4.58. The first-order chi connectivity index (χ1) is 6.86. The molecule has 0 bridgehead atoms. The van der Waals surface area contributed by atoms with Gasteiger partial charge in [-0.25, -0.2) is 5.01 Å². The van der Waals surface area contributed by atoms with Gasteiger partial charge in [0.05, 0.1) is 6.04 Å². The molecular weight excluding hydrogens is 194 g/mol. The van der Waals surface area contributed by atoms with Crippen molar-refractivity contribution in [2.24, 2.45) is 5.10 Å². The fraction of sp³-hybridized carbons (Fsp3) is 0.200. The summed E-state index contributed by atoms with van der Waals surface area (Å²) in [5, 5.41) is 9.99. The van der Waals surface area contributed by atoms with Crippen LogP contribution < -0.4 is 5.32 Å². The lowest BCUT2D eigenvalue weighted by Crippen LogP contribution is -2.36. The molecule has 0 saturated carbocycles. The largest absolute Gasteiger partial charge is 0.331 e. The van der Waals surface area contributed by atoms with Crippen molar-refractivity contribution in [2.45, 2.75) is 12.5 Å². The third-order valence-electron chi connectivity index (χ3n) is 2.60. The first kappa shape index (κ1) is 7.94. The molecule has 70 valence electrons. The van der Waals surface area contributed by atoms with Crippen LogP contribution in [0.2, 0.25) is 0 Å². The Balaban J connectivity index is 2.14. The van der Waals surface area contributed by atoms with Crippen LogP contribution in [0.1, 0.15) is 18.0 Å². The lowest BCUT2D eigenvalue weighted by molar-refractivity contribution is 0.370. The highest BCUT2D eigenvalue weighted by Crippen LogP contribution is 2.36. The van der Waals surface area contributed by atoms with Gasteiger partial charge in [0.15, 0.2) is 5.11 Å². The van der Waals surface area contributed by atoms with Crippen molar-refractivity contribution in [2.75, 3.05) is 5.32 Å². The molecule has 2 heterocycles. The zero-order chi connectivity index (χ0) is 9.54. The van der Waals surface area contributed by atoms with Crippen molar-refractivity contribution in [3.8, 4) is 0 Å². The highest BCUT2D eigenvalue weighted by molar-refractivity contribution is 7.80. The summed E-state index contributed by atoms with van der Waals surface area (Å²) in [7, 11) is 0. The number of hydrogen-bond donors (Lipinski definition) is 1. The monoisotopic (exact) mass is 203 g/mol. The van der Waals surface area contributed by atoms with E-state index in [0.29, 0.717) is 11.2 Å². The Bertz CT molecular complexity index is 427. The lowest BCUT2D eigenvalue weighted by Gasteiger charge is -2.31. The van der Waals surface area contributed by atoms with Gasteiger partial charge in [0.1, 0.15) is 0 Å². The molecule has 1 N–H and O–H groups in total. The van der Waals surface area contributed by atoms with Gasteiger partial charge in [0.2, 0.25) is 0 Å². The molecule has 1 atom stereocenters. The van der Waals surface area contributed by atoms with Gasteiger partial charge in [-0.1, -0.05) is 18.2 Å². The average molecular weight is 203 g/mol. The maximum atomic E-state index is 5.22. The molecule has 0 aromatic heterocycles. The summed E-state index contributed by atoms with van der Waals surface area (Å²) >= 11 is 5.22. The number of nitrogens with zero attached hydrogens (tertiary/aromatic N) is 2. The summed E-state index contributed by atoms with van der Waals surface area (Å²) in [5.74, 6) is 0. The van der Waals surface area contributed by atoms with E-state index in [1.807, 2.05) is 23.4 Å². The van der Waals surface area contributed by atoms with Crippen LogP contribution in [0.3, 0.4) is 0 Å². The van der Waals surface area contributed by atoms with Crippen molar-refractivity contribution in [1.82, 2.24) is 5.01 Å². The van der Waals surface area contributed by atoms with E-state index >= 15 is 0 Å². The minimum atomic E-state index is 0.306. The third-order valence-corrected chi connectivity index (χ3v) is 2.89. The second-order valence-corrected chi connectivity index (χ2v) is 3.80. The number of thiocarbonyl (C=S) groups is 1. The number of hydrogen-bond acceptors (Lipinski definition) is 2. The molecule has 0 aliphatic carbocycles. The molecule has 1 aromatic carbocycles. The minimum absolute atomic E-state index is 0.306. The van der Waals surface area contributed by atoms with E-state index in [4.69, 9.17) is 12.2 Å². The molecule has 0 fully saturated rings. The molecule has 0 saturated heterocycles. The number of nitrogens with one attached hydrogen (secondary N) is 1. The number of benzene rings is 1. The van der Waals surface area contributed by atoms with Crippen LogP contribution in [0.25, 0.3) is 0 Å². The quantitative estimate of drug-likeness (QED) is 0.654. The number of fused-ring (bicyclic) bond motifs is 3. The van der Waals surface area contributed by atoms with Gasteiger partial charge in [0, 0.05) is 23.9 Å². The van der Waals surface area contributed by atoms with Gasteiger partial charge in [-0.15, -0.1) is 0 Å². The fourth-order valence-corrected chi connectivity index (χ4v) is 2.23. The summed E-state index contributed by atoms with van der Waals surface area (Å²) < 4.78 is 0. The summed E-state index contributed by atoms with van der Waals surface area (Å²) in [6.45, 7) is 0. The van der Waals surface area contributed by atoms with Crippen LogP contribution in [0.4, 0.5) is 5.69 Å². The van der Waals surface area contributed by atoms with Gasteiger partial charge in [-0.2, -0.15) is 5.10 Å². The predicted octanol–water partition coefficient (Wildman–Crippen LogP) is 2.13. The Kier molecular flexibility index (Phi) is 1.58. The van der Waals surface area contributed by atoms with Crippen molar-refractivity contribution in [3.63, 3.8) is 0 Å². The average Bonchev–Trinajstić information content (AvgIpc) is 2.67. The molecule has 0 spiro atoms. The Hall–Kier alpha value is -1.42. The number of hydrazone groups is 1. The Morgan fingerprint density at radius 3 is 3.21 bits per heavy atom. The predicted molar refractivity (Wildman–Crippen MR) is 60.4 cm³/mol. The Labute approximate surface area is 87.4 Å². The van der Waals surface area contributed by atoms with Crippen LogP contribution >= 0.6 is 12.2 Å². The summed E-state index contributed by atoms with van der Waals surface area (Å²) in [6, 6.07) is 8.54. The number of anilines is 1. The van der Waals surface area contributed by atoms with E-state index in [0.717, 1.165) is 12.1 Å². The topological polar surface area (TPSA) is 27.6 Å². The summed E-state index contributed by atoms with van der Waals surface area (Å²) in [5.41, 5.74) is 2.39. The smallest absolute Gasteiger partial charge is 0.194 e. The van der Waals surface area contributed by atoms with E-state index in [2.05, 4.69) is 22.6 Å². The second kappa shape index (κ2) is 2.78.